The van der Waals surface area contributed by atoms with Crippen LogP contribution in [0.25, 0.3) is 0 Å². The summed E-state index contributed by atoms with van der Waals surface area (Å²) in [4.78, 5) is 11.2. The van der Waals surface area contributed by atoms with E-state index in [0.29, 0.717) is 12.8 Å². The van der Waals surface area contributed by atoms with Gasteiger partial charge in [0, 0.05) is 5.02 Å². The quantitative estimate of drug-likeness (QED) is 0.920. The number of hydrogen-bond acceptors (Lipinski definition) is 3. The van der Waals surface area contributed by atoms with Gasteiger partial charge in [-0.3, -0.25) is 0 Å². The minimum atomic E-state index is -3.72. The van der Waals surface area contributed by atoms with Crippen molar-refractivity contribution in [2.45, 2.75) is 30.3 Å². The molecule has 2 rings (SSSR count). The van der Waals surface area contributed by atoms with E-state index in [1.165, 1.54) is 12.1 Å². The number of allylic oxidation sites excluding steroid dienone is 1. The van der Waals surface area contributed by atoms with Crippen molar-refractivity contribution < 1.29 is 22.7 Å². The number of rotatable bonds is 4. The first-order chi connectivity index (χ1) is 9.81. The second-order valence-corrected chi connectivity index (χ2v) is 7.52. The molecule has 4 nitrogen and oxygen atoms in total. The molecular weight excluding hydrogens is 319 g/mol. The van der Waals surface area contributed by atoms with Crippen molar-refractivity contribution in [2.24, 2.45) is 0 Å². The second-order valence-electron chi connectivity index (χ2n) is 4.93. The third-order valence-electron chi connectivity index (χ3n) is 3.43. The number of halogens is 2. The molecule has 1 N–H and O–H groups in total. The Morgan fingerprint density at radius 2 is 2.14 bits per heavy atom. The molecule has 1 aromatic rings. The fourth-order valence-electron chi connectivity index (χ4n) is 2.40. The van der Waals surface area contributed by atoms with Crippen LogP contribution < -0.4 is 0 Å². The summed E-state index contributed by atoms with van der Waals surface area (Å²) < 4.78 is 37.9. The third-order valence-corrected chi connectivity index (χ3v) is 5.86. The number of benzene rings is 1. The monoisotopic (exact) mass is 332 g/mol. The molecule has 1 aliphatic carbocycles. The van der Waals surface area contributed by atoms with E-state index in [2.05, 4.69) is 0 Å². The normalized spacial score (nSPS) is 19.1. The van der Waals surface area contributed by atoms with E-state index in [1.807, 2.05) is 0 Å². The summed E-state index contributed by atoms with van der Waals surface area (Å²) in [5, 5.41) is 8.11. The number of hydrogen-bond donors (Lipinski definition) is 1. The van der Waals surface area contributed by atoms with Crippen LogP contribution in [-0.2, 0) is 20.4 Å². The number of sulfone groups is 1. The first kappa shape index (κ1) is 16.0. The molecule has 0 saturated heterocycles. The maximum atomic E-state index is 13.0. The lowest BCUT2D eigenvalue weighted by molar-refractivity contribution is -0.132. The zero-order valence-corrected chi connectivity index (χ0v) is 12.6. The van der Waals surface area contributed by atoms with Gasteiger partial charge in [0.2, 0.25) is 0 Å². The van der Waals surface area contributed by atoms with Gasteiger partial charge in [0.1, 0.15) is 5.82 Å². The minimum absolute atomic E-state index is 0.0234. The Labute approximate surface area is 127 Å². The molecule has 0 saturated carbocycles. The zero-order chi connectivity index (χ0) is 15.6. The third kappa shape index (κ3) is 3.63. The molecule has 0 bridgehead atoms. The Balaban J connectivity index is 2.31. The number of carbonyl (C=O) groups is 1. The smallest absolute Gasteiger partial charge is 0.332 e. The van der Waals surface area contributed by atoms with Gasteiger partial charge in [-0.15, -0.1) is 0 Å². The van der Waals surface area contributed by atoms with Gasteiger partial charge in [-0.25, -0.2) is 17.6 Å². The van der Waals surface area contributed by atoms with E-state index in [9.17, 15) is 17.6 Å². The fraction of sp³-hybridized carbons (Fsp3) is 0.357. The fourth-order valence-corrected chi connectivity index (χ4v) is 4.71. The summed E-state index contributed by atoms with van der Waals surface area (Å²) >= 11 is 5.84. The van der Waals surface area contributed by atoms with Gasteiger partial charge >= 0.3 is 5.97 Å². The summed E-state index contributed by atoms with van der Waals surface area (Å²) in [6.07, 6.45) is 2.92. The van der Waals surface area contributed by atoms with Gasteiger partial charge in [-0.2, -0.15) is 0 Å². The van der Waals surface area contributed by atoms with E-state index in [1.54, 1.807) is 0 Å². The average Bonchev–Trinajstić information content (AvgIpc) is 2.42. The molecule has 21 heavy (non-hydrogen) atoms. The molecule has 0 amide bonds. The molecule has 0 spiro atoms. The van der Waals surface area contributed by atoms with Crippen molar-refractivity contribution in [2.75, 3.05) is 0 Å². The molecule has 114 valence electrons. The van der Waals surface area contributed by atoms with Crippen molar-refractivity contribution in [1.82, 2.24) is 0 Å². The van der Waals surface area contributed by atoms with E-state index >= 15 is 0 Å². The molecule has 1 aromatic carbocycles. The summed E-state index contributed by atoms with van der Waals surface area (Å²) in [5.41, 5.74) is 0.188. The maximum absolute atomic E-state index is 13.0. The Morgan fingerprint density at radius 3 is 2.76 bits per heavy atom. The highest BCUT2D eigenvalue weighted by Gasteiger charge is 2.34. The van der Waals surface area contributed by atoms with Gasteiger partial charge in [-0.1, -0.05) is 23.7 Å². The summed E-state index contributed by atoms with van der Waals surface area (Å²) in [7, 11) is -3.72. The summed E-state index contributed by atoms with van der Waals surface area (Å²) in [6.45, 7) is 0. The zero-order valence-electron chi connectivity index (χ0n) is 11.1. The molecular formula is C14H14ClFO4S. The molecule has 0 aliphatic heterocycles. The Morgan fingerprint density at radius 1 is 1.43 bits per heavy atom. The molecule has 0 fully saturated rings. The predicted octanol–water partition coefficient (Wildman–Crippen LogP) is 2.96. The Bertz CT molecular complexity index is 697. The molecule has 0 aromatic heterocycles. The largest absolute Gasteiger partial charge is 0.478 e. The van der Waals surface area contributed by atoms with Gasteiger partial charge in [0.05, 0.1) is 16.6 Å². The van der Waals surface area contributed by atoms with Crippen molar-refractivity contribution in [3.05, 3.63) is 46.3 Å². The molecule has 7 heteroatoms. The van der Waals surface area contributed by atoms with Crippen LogP contribution in [0, 0.1) is 5.82 Å². The summed E-state index contributed by atoms with van der Waals surface area (Å²) in [5.74, 6) is -2.17. The lowest BCUT2D eigenvalue weighted by Crippen LogP contribution is -2.30. The lowest BCUT2D eigenvalue weighted by atomic mass is 9.99. The SMILES string of the molecule is O=C(O)C1=CCCCC1S(=O)(=O)Cc1ccc(F)cc1Cl. The van der Waals surface area contributed by atoms with E-state index in [4.69, 9.17) is 16.7 Å². The van der Waals surface area contributed by atoms with Crippen LogP contribution in [0.5, 0.6) is 0 Å². The topological polar surface area (TPSA) is 71.4 Å². The van der Waals surface area contributed by atoms with Crippen LogP contribution in [-0.4, -0.2) is 24.7 Å². The van der Waals surface area contributed by atoms with Gasteiger partial charge < -0.3 is 5.11 Å². The molecule has 1 aliphatic rings. The Kier molecular flexibility index (Phi) is 4.68. The number of carboxylic acid groups (broad SMARTS) is 1. The van der Waals surface area contributed by atoms with E-state index < -0.39 is 32.6 Å². The molecule has 0 radical (unpaired) electrons. The number of aliphatic carboxylic acids is 1. The molecule has 1 unspecified atom stereocenters. The van der Waals surface area contributed by atoms with Gasteiger partial charge in [0.15, 0.2) is 9.84 Å². The first-order valence-electron chi connectivity index (χ1n) is 6.40. The van der Waals surface area contributed by atoms with Crippen LogP contribution in [0.1, 0.15) is 24.8 Å². The van der Waals surface area contributed by atoms with Crippen LogP contribution in [0.4, 0.5) is 4.39 Å². The first-order valence-corrected chi connectivity index (χ1v) is 8.49. The predicted molar refractivity (Wildman–Crippen MR) is 77.4 cm³/mol. The Hall–Kier alpha value is -1.40. The highest BCUT2D eigenvalue weighted by molar-refractivity contribution is 7.91. The number of carboxylic acids is 1. The van der Waals surface area contributed by atoms with Crippen LogP contribution in [0.3, 0.4) is 0 Å². The minimum Gasteiger partial charge on any atom is -0.478 e. The van der Waals surface area contributed by atoms with Crippen LogP contribution >= 0.6 is 11.6 Å². The van der Waals surface area contributed by atoms with Crippen molar-refractivity contribution in [3.63, 3.8) is 0 Å². The van der Waals surface area contributed by atoms with E-state index in [0.717, 1.165) is 12.1 Å². The standard InChI is InChI=1S/C14H14ClFO4S/c15-12-7-10(16)6-5-9(12)8-21(19,20)13-4-2-1-3-11(13)14(17)18/h3,5-7,13H,1-2,4,8H2,(H,17,18). The van der Waals surface area contributed by atoms with Crippen molar-refractivity contribution in [1.29, 1.82) is 0 Å². The summed E-state index contributed by atoms with van der Waals surface area (Å²) in [6, 6.07) is 3.48. The highest BCUT2D eigenvalue weighted by atomic mass is 35.5. The van der Waals surface area contributed by atoms with Crippen molar-refractivity contribution in [3.8, 4) is 0 Å². The second kappa shape index (κ2) is 6.15. The molecule has 0 heterocycles. The maximum Gasteiger partial charge on any atom is 0.332 e. The van der Waals surface area contributed by atoms with E-state index in [-0.39, 0.29) is 22.6 Å². The van der Waals surface area contributed by atoms with Crippen molar-refractivity contribution >= 4 is 27.4 Å². The molecule has 1 atom stereocenters. The van der Waals surface area contributed by atoms with Crippen LogP contribution in [0.15, 0.2) is 29.8 Å². The van der Waals surface area contributed by atoms with Gasteiger partial charge in [0.25, 0.3) is 0 Å². The van der Waals surface area contributed by atoms with Crippen LogP contribution in [0.2, 0.25) is 5.02 Å². The highest BCUT2D eigenvalue weighted by Crippen LogP contribution is 2.29. The van der Waals surface area contributed by atoms with Gasteiger partial charge in [-0.05, 0) is 37.0 Å². The average molecular weight is 333 g/mol. The lowest BCUT2D eigenvalue weighted by Gasteiger charge is -2.22.